The summed E-state index contributed by atoms with van der Waals surface area (Å²) in [5.74, 6) is 1.47. The highest BCUT2D eigenvalue weighted by Gasteiger charge is 2.15. The van der Waals surface area contributed by atoms with E-state index in [1.54, 1.807) is 13.3 Å². The Bertz CT molecular complexity index is 511. The summed E-state index contributed by atoms with van der Waals surface area (Å²) in [6.07, 6.45) is 2.43. The van der Waals surface area contributed by atoms with Gasteiger partial charge in [-0.2, -0.15) is 0 Å². The molecule has 0 amide bonds. The number of nitrogens with two attached hydrogens (primary N) is 1. The van der Waals surface area contributed by atoms with Gasteiger partial charge in [0.2, 0.25) is 0 Å². The van der Waals surface area contributed by atoms with Crippen LogP contribution >= 0.6 is 15.9 Å². The molecule has 1 heterocycles. The molecule has 0 radical (unpaired) electrons. The molecule has 0 unspecified atom stereocenters. The van der Waals surface area contributed by atoms with Crippen LogP contribution in [0.5, 0.6) is 5.75 Å². The smallest absolute Gasteiger partial charge is 0.173 e. The van der Waals surface area contributed by atoms with Gasteiger partial charge in [0.15, 0.2) is 5.76 Å². The maximum absolute atomic E-state index is 5.56. The van der Waals surface area contributed by atoms with Crippen molar-refractivity contribution >= 4 is 15.9 Å². The molecule has 4 nitrogen and oxygen atoms in total. The largest absolute Gasteiger partial charge is 0.496 e. The fraction of sp³-hybridized carbons (Fsp3) is 0.250. The van der Waals surface area contributed by atoms with Crippen molar-refractivity contribution in [2.75, 3.05) is 13.7 Å². The third-order valence-electron chi connectivity index (χ3n) is 2.46. The third-order valence-corrected chi connectivity index (χ3v) is 2.96. The minimum Gasteiger partial charge on any atom is -0.496 e. The lowest BCUT2D eigenvalue weighted by Gasteiger charge is -2.07. The van der Waals surface area contributed by atoms with Gasteiger partial charge >= 0.3 is 0 Å². The molecule has 17 heavy (non-hydrogen) atoms. The highest BCUT2D eigenvalue weighted by molar-refractivity contribution is 9.10. The molecule has 5 heteroatoms. The molecular formula is C12H13BrN2O2. The zero-order valence-electron chi connectivity index (χ0n) is 9.44. The van der Waals surface area contributed by atoms with Crippen molar-refractivity contribution < 1.29 is 9.26 Å². The Labute approximate surface area is 108 Å². The zero-order valence-corrected chi connectivity index (χ0v) is 11.0. The maximum Gasteiger partial charge on any atom is 0.173 e. The van der Waals surface area contributed by atoms with E-state index in [0.29, 0.717) is 12.3 Å². The van der Waals surface area contributed by atoms with Gasteiger partial charge in [-0.3, -0.25) is 0 Å². The highest BCUT2D eigenvalue weighted by Crippen LogP contribution is 2.34. The summed E-state index contributed by atoms with van der Waals surface area (Å²) in [4.78, 5) is 0. The molecule has 0 atom stereocenters. The molecule has 0 saturated carbocycles. The third kappa shape index (κ3) is 2.50. The fourth-order valence-corrected chi connectivity index (χ4v) is 2.03. The van der Waals surface area contributed by atoms with Crippen molar-refractivity contribution in [3.63, 3.8) is 0 Å². The van der Waals surface area contributed by atoms with Gasteiger partial charge in [0.1, 0.15) is 5.75 Å². The van der Waals surface area contributed by atoms with Gasteiger partial charge in [-0.25, -0.2) is 0 Å². The summed E-state index contributed by atoms with van der Waals surface area (Å²) in [6.45, 7) is 0.560. The van der Waals surface area contributed by atoms with E-state index in [-0.39, 0.29) is 0 Å². The van der Waals surface area contributed by atoms with Crippen LogP contribution in [-0.4, -0.2) is 18.8 Å². The number of rotatable bonds is 4. The van der Waals surface area contributed by atoms with Gasteiger partial charge < -0.3 is 15.0 Å². The SMILES string of the molecule is COc1ccc(Br)cc1-c1oncc1CCN. The topological polar surface area (TPSA) is 61.3 Å². The molecule has 1 aromatic carbocycles. The Morgan fingerprint density at radius 2 is 2.29 bits per heavy atom. The molecule has 0 fully saturated rings. The Balaban J connectivity index is 2.51. The summed E-state index contributed by atoms with van der Waals surface area (Å²) >= 11 is 3.43. The molecular weight excluding hydrogens is 284 g/mol. The molecule has 0 saturated heterocycles. The van der Waals surface area contributed by atoms with Crippen LogP contribution < -0.4 is 10.5 Å². The first kappa shape index (κ1) is 12.1. The van der Waals surface area contributed by atoms with Crippen LogP contribution in [0.1, 0.15) is 5.56 Å². The summed E-state index contributed by atoms with van der Waals surface area (Å²) in [6, 6.07) is 5.74. The van der Waals surface area contributed by atoms with Crippen LogP contribution in [0.25, 0.3) is 11.3 Å². The van der Waals surface area contributed by atoms with E-state index in [9.17, 15) is 0 Å². The normalized spacial score (nSPS) is 10.5. The number of methoxy groups -OCH3 is 1. The van der Waals surface area contributed by atoms with Gasteiger partial charge in [-0.05, 0) is 31.2 Å². The molecule has 0 aliphatic heterocycles. The second-order valence-corrected chi connectivity index (χ2v) is 4.48. The van der Waals surface area contributed by atoms with Crippen LogP contribution in [0.15, 0.2) is 33.4 Å². The number of hydrogen-bond acceptors (Lipinski definition) is 4. The van der Waals surface area contributed by atoms with Crippen LogP contribution in [0.2, 0.25) is 0 Å². The minimum atomic E-state index is 0.560. The first-order chi connectivity index (χ1) is 8.26. The van der Waals surface area contributed by atoms with Crippen molar-refractivity contribution in [1.82, 2.24) is 5.16 Å². The van der Waals surface area contributed by atoms with E-state index in [1.165, 1.54) is 0 Å². The fourth-order valence-electron chi connectivity index (χ4n) is 1.67. The van der Waals surface area contributed by atoms with Gasteiger partial charge in [-0.1, -0.05) is 21.1 Å². The molecule has 0 aliphatic rings. The number of benzene rings is 1. The molecule has 2 N–H and O–H groups in total. The molecule has 0 aliphatic carbocycles. The van der Waals surface area contributed by atoms with E-state index < -0.39 is 0 Å². The maximum atomic E-state index is 5.56. The average molecular weight is 297 g/mol. The van der Waals surface area contributed by atoms with Gasteiger partial charge in [-0.15, -0.1) is 0 Å². The molecule has 90 valence electrons. The van der Waals surface area contributed by atoms with Crippen molar-refractivity contribution in [1.29, 1.82) is 0 Å². The monoisotopic (exact) mass is 296 g/mol. The second kappa shape index (κ2) is 5.33. The van der Waals surface area contributed by atoms with Crippen molar-refractivity contribution in [3.05, 3.63) is 34.4 Å². The minimum absolute atomic E-state index is 0.560. The lowest BCUT2D eigenvalue weighted by molar-refractivity contribution is 0.405. The van der Waals surface area contributed by atoms with E-state index in [2.05, 4.69) is 21.1 Å². The Hall–Kier alpha value is -1.33. The predicted octanol–water partition coefficient (Wildman–Crippen LogP) is 2.61. The molecule has 2 rings (SSSR count). The van der Waals surface area contributed by atoms with Crippen LogP contribution in [0.4, 0.5) is 0 Å². The summed E-state index contributed by atoms with van der Waals surface area (Å²) in [5.41, 5.74) is 7.42. The molecule has 0 spiro atoms. The first-order valence-corrected chi connectivity index (χ1v) is 6.03. The second-order valence-electron chi connectivity index (χ2n) is 3.56. The molecule has 1 aromatic heterocycles. The Morgan fingerprint density at radius 1 is 1.47 bits per heavy atom. The van der Waals surface area contributed by atoms with Gasteiger partial charge in [0, 0.05) is 10.0 Å². The van der Waals surface area contributed by atoms with Crippen molar-refractivity contribution in [2.24, 2.45) is 5.73 Å². The zero-order chi connectivity index (χ0) is 12.3. The highest BCUT2D eigenvalue weighted by atomic mass is 79.9. The van der Waals surface area contributed by atoms with Gasteiger partial charge in [0.05, 0.1) is 18.9 Å². The molecule has 0 bridgehead atoms. The lowest BCUT2D eigenvalue weighted by atomic mass is 10.1. The summed E-state index contributed by atoms with van der Waals surface area (Å²) < 4.78 is 11.6. The van der Waals surface area contributed by atoms with E-state index in [4.69, 9.17) is 15.0 Å². The van der Waals surface area contributed by atoms with Crippen LogP contribution in [0, 0.1) is 0 Å². The standard InChI is InChI=1S/C12H13BrN2O2/c1-16-11-3-2-9(13)6-10(11)12-8(4-5-14)7-15-17-12/h2-3,6-7H,4-5,14H2,1H3. The quantitative estimate of drug-likeness (QED) is 0.942. The number of hydrogen-bond donors (Lipinski definition) is 1. The van der Waals surface area contributed by atoms with Crippen LogP contribution in [-0.2, 0) is 6.42 Å². The van der Waals surface area contributed by atoms with Crippen molar-refractivity contribution in [3.8, 4) is 17.1 Å². The summed E-state index contributed by atoms with van der Waals surface area (Å²) in [5, 5.41) is 3.82. The average Bonchev–Trinajstić information content (AvgIpc) is 2.77. The number of nitrogens with zero attached hydrogens (tertiary/aromatic N) is 1. The Morgan fingerprint density at radius 3 is 3.00 bits per heavy atom. The number of halogens is 1. The Kier molecular flexibility index (Phi) is 3.81. The first-order valence-electron chi connectivity index (χ1n) is 5.23. The summed E-state index contributed by atoms with van der Waals surface area (Å²) in [7, 11) is 1.63. The van der Waals surface area contributed by atoms with E-state index in [0.717, 1.165) is 27.8 Å². The van der Waals surface area contributed by atoms with E-state index >= 15 is 0 Å². The molecule has 2 aromatic rings. The predicted molar refractivity (Wildman–Crippen MR) is 68.9 cm³/mol. The van der Waals surface area contributed by atoms with E-state index in [1.807, 2.05) is 18.2 Å². The van der Waals surface area contributed by atoms with Crippen LogP contribution in [0.3, 0.4) is 0 Å². The number of aromatic nitrogens is 1. The van der Waals surface area contributed by atoms with Gasteiger partial charge in [0.25, 0.3) is 0 Å². The number of ether oxygens (including phenoxy) is 1. The van der Waals surface area contributed by atoms with Crippen molar-refractivity contribution in [2.45, 2.75) is 6.42 Å². The lowest BCUT2D eigenvalue weighted by Crippen LogP contribution is -2.02.